The minimum absolute atomic E-state index is 0.0213. The van der Waals surface area contributed by atoms with E-state index in [4.69, 9.17) is 4.74 Å². The number of alkyl halides is 3. The number of rotatable bonds is 5. The van der Waals surface area contributed by atoms with E-state index in [2.05, 4.69) is 26.8 Å². The number of halogens is 4. The van der Waals surface area contributed by atoms with Gasteiger partial charge < -0.3 is 24.8 Å². The first-order valence-electron chi connectivity index (χ1n) is 14.5. The van der Waals surface area contributed by atoms with Gasteiger partial charge in [-0.1, -0.05) is 6.58 Å². The second-order valence-corrected chi connectivity index (χ2v) is 11.7. The molecule has 3 atom stereocenters. The van der Waals surface area contributed by atoms with Crippen LogP contribution in [-0.4, -0.2) is 96.9 Å². The molecule has 236 valence electrons. The predicted molar refractivity (Wildman–Crippen MR) is 162 cm³/mol. The number of nitrogens with one attached hydrogen (secondary N) is 1. The van der Waals surface area contributed by atoms with E-state index < -0.39 is 29.0 Å². The van der Waals surface area contributed by atoms with Gasteiger partial charge in [0.05, 0.1) is 35.2 Å². The Morgan fingerprint density at radius 3 is 2.32 bits per heavy atom. The Morgan fingerprint density at radius 2 is 1.70 bits per heavy atom. The fourth-order valence-electron chi connectivity index (χ4n) is 5.67. The standard InChI is InChI=1S/C31H37F4N7O2/c1-18-9-25(31(33,34)35)24(17-39(18)5)29(43)38-27-10-23(22-12-36-30(37-13-22)41-7-8-44-21(4)16-41)26(32)11-28(27)42-14-19(2)40(6)20(3)15-42/h9-13,17,19-21H,1,7-8,14-16H2,2-6H3,(H,38,43)/t19-,20+,21-/m0/s1. The van der Waals surface area contributed by atoms with Crippen LogP contribution in [0.4, 0.5) is 34.9 Å². The number of hydrogen-bond acceptors (Lipinski definition) is 8. The monoisotopic (exact) mass is 615 g/mol. The quantitative estimate of drug-likeness (QED) is 0.481. The van der Waals surface area contributed by atoms with Crippen molar-refractivity contribution in [3.8, 4) is 11.1 Å². The third-order valence-corrected chi connectivity index (χ3v) is 8.43. The van der Waals surface area contributed by atoms with Crippen molar-refractivity contribution in [2.45, 2.75) is 45.1 Å². The fraction of sp³-hybridized carbons (Fsp3) is 0.452. The highest BCUT2D eigenvalue weighted by atomic mass is 19.4. The number of morpholine rings is 1. The summed E-state index contributed by atoms with van der Waals surface area (Å²) >= 11 is 0. The van der Waals surface area contributed by atoms with Crippen LogP contribution in [0.1, 0.15) is 20.8 Å². The summed E-state index contributed by atoms with van der Waals surface area (Å²) in [4.78, 5) is 29.9. The summed E-state index contributed by atoms with van der Waals surface area (Å²) in [7, 11) is 3.51. The van der Waals surface area contributed by atoms with Gasteiger partial charge in [-0.25, -0.2) is 14.4 Å². The first-order chi connectivity index (χ1) is 20.7. The van der Waals surface area contributed by atoms with Gasteiger partial charge in [-0.05, 0) is 46.0 Å². The average molecular weight is 616 g/mol. The molecule has 4 heterocycles. The van der Waals surface area contributed by atoms with Crippen LogP contribution in [0, 0.1) is 5.82 Å². The van der Waals surface area contributed by atoms with Gasteiger partial charge in [-0.3, -0.25) is 9.69 Å². The largest absolute Gasteiger partial charge is 0.417 e. The van der Waals surface area contributed by atoms with Gasteiger partial charge in [-0.2, -0.15) is 13.2 Å². The van der Waals surface area contributed by atoms with E-state index in [0.717, 1.165) is 12.3 Å². The third kappa shape index (κ3) is 6.43. The van der Waals surface area contributed by atoms with Crippen LogP contribution in [0.2, 0.25) is 0 Å². The number of carbonyl (C=O) groups excluding carboxylic acids is 1. The van der Waals surface area contributed by atoms with Crippen molar-refractivity contribution >= 4 is 23.2 Å². The first kappa shape index (κ1) is 31.5. The number of nitrogens with zero attached hydrogens (tertiary/aromatic N) is 6. The molecular weight excluding hydrogens is 578 g/mol. The number of anilines is 3. The number of benzene rings is 1. The van der Waals surface area contributed by atoms with Crippen molar-refractivity contribution in [1.29, 1.82) is 0 Å². The molecule has 13 heteroatoms. The Morgan fingerprint density at radius 1 is 1.05 bits per heavy atom. The molecule has 2 aromatic rings. The minimum atomic E-state index is -4.79. The van der Waals surface area contributed by atoms with Gasteiger partial charge in [0.2, 0.25) is 5.95 Å². The number of likely N-dealkylation sites (N-methyl/N-ethyl adjacent to an activating group) is 2. The molecule has 0 unspecified atom stereocenters. The Bertz CT molecular complexity index is 1480. The third-order valence-electron chi connectivity index (χ3n) is 8.43. The molecular formula is C31H37F4N7O2. The lowest BCUT2D eigenvalue weighted by molar-refractivity contribution is -0.115. The van der Waals surface area contributed by atoms with Crippen molar-refractivity contribution < 1.29 is 27.1 Å². The van der Waals surface area contributed by atoms with Gasteiger partial charge in [0, 0.05) is 80.7 Å². The minimum Gasteiger partial charge on any atom is -0.375 e. The zero-order chi connectivity index (χ0) is 31.9. The van der Waals surface area contributed by atoms with Gasteiger partial charge in [0.25, 0.3) is 5.91 Å². The number of aromatic nitrogens is 2. The molecule has 0 bridgehead atoms. The van der Waals surface area contributed by atoms with Crippen LogP contribution in [0.5, 0.6) is 0 Å². The number of hydrogen-bond donors (Lipinski definition) is 1. The highest BCUT2D eigenvalue weighted by molar-refractivity contribution is 6.09. The maximum Gasteiger partial charge on any atom is 0.417 e. The molecule has 3 aliphatic rings. The van der Waals surface area contributed by atoms with Crippen molar-refractivity contribution in [2.75, 3.05) is 62.0 Å². The molecule has 5 rings (SSSR count). The summed E-state index contributed by atoms with van der Waals surface area (Å²) in [6.45, 7) is 12.5. The normalized spacial score (nSPS) is 23.4. The van der Waals surface area contributed by atoms with Crippen LogP contribution < -0.4 is 15.1 Å². The van der Waals surface area contributed by atoms with Crippen LogP contribution >= 0.6 is 0 Å². The topological polar surface area (TPSA) is 77.1 Å². The van der Waals surface area contributed by atoms with E-state index in [1.807, 2.05) is 37.6 Å². The molecule has 1 amide bonds. The van der Waals surface area contributed by atoms with E-state index in [1.54, 1.807) is 0 Å². The van der Waals surface area contributed by atoms with E-state index in [9.17, 15) is 18.0 Å². The predicted octanol–water partition coefficient (Wildman–Crippen LogP) is 4.81. The molecule has 0 aliphatic carbocycles. The lowest BCUT2D eigenvalue weighted by Gasteiger charge is -2.44. The van der Waals surface area contributed by atoms with E-state index in [0.29, 0.717) is 50.0 Å². The zero-order valence-corrected chi connectivity index (χ0v) is 25.5. The molecule has 2 saturated heterocycles. The highest BCUT2D eigenvalue weighted by Crippen LogP contribution is 2.39. The lowest BCUT2D eigenvalue weighted by Crippen LogP contribution is -2.55. The maximum absolute atomic E-state index is 15.8. The van der Waals surface area contributed by atoms with Crippen LogP contribution in [-0.2, 0) is 9.53 Å². The average Bonchev–Trinajstić information content (AvgIpc) is 2.97. The molecule has 3 aliphatic heterocycles. The number of carbonyl (C=O) groups is 1. The maximum atomic E-state index is 15.8. The van der Waals surface area contributed by atoms with Gasteiger partial charge >= 0.3 is 6.18 Å². The number of ether oxygens (including phenoxy) is 1. The van der Waals surface area contributed by atoms with Crippen LogP contribution in [0.15, 0.2) is 60.2 Å². The fourth-order valence-corrected chi connectivity index (χ4v) is 5.67. The van der Waals surface area contributed by atoms with E-state index in [1.165, 1.54) is 36.5 Å². The summed E-state index contributed by atoms with van der Waals surface area (Å²) in [5, 5.41) is 2.67. The van der Waals surface area contributed by atoms with Crippen molar-refractivity contribution in [2.24, 2.45) is 0 Å². The summed E-state index contributed by atoms with van der Waals surface area (Å²) < 4.78 is 63.3. The second kappa shape index (κ2) is 12.2. The Labute approximate surface area is 254 Å². The molecule has 0 saturated carbocycles. The summed E-state index contributed by atoms with van der Waals surface area (Å²) in [6.07, 6.45) is 0.173. The molecule has 1 N–H and O–H groups in total. The van der Waals surface area contributed by atoms with Crippen molar-refractivity contribution in [1.82, 2.24) is 19.8 Å². The summed E-state index contributed by atoms with van der Waals surface area (Å²) in [6, 6.07) is 2.97. The zero-order valence-electron chi connectivity index (χ0n) is 25.5. The molecule has 9 nitrogen and oxygen atoms in total. The Balaban J connectivity index is 1.53. The van der Waals surface area contributed by atoms with Crippen molar-refractivity contribution in [3.05, 3.63) is 66.0 Å². The second-order valence-electron chi connectivity index (χ2n) is 11.7. The van der Waals surface area contributed by atoms with Gasteiger partial charge in [0.1, 0.15) is 5.82 Å². The number of allylic oxidation sites excluding steroid dienone is 1. The van der Waals surface area contributed by atoms with Gasteiger partial charge in [-0.15, -0.1) is 0 Å². The van der Waals surface area contributed by atoms with Crippen LogP contribution in [0.25, 0.3) is 11.1 Å². The van der Waals surface area contributed by atoms with Crippen LogP contribution in [0.3, 0.4) is 0 Å². The lowest BCUT2D eigenvalue weighted by atomic mass is 10.00. The number of amides is 1. The smallest absolute Gasteiger partial charge is 0.375 e. The highest BCUT2D eigenvalue weighted by Gasteiger charge is 2.40. The Kier molecular flexibility index (Phi) is 8.72. The van der Waals surface area contributed by atoms with E-state index in [-0.39, 0.29) is 35.1 Å². The van der Waals surface area contributed by atoms with Crippen molar-refractivity contribution in [3.63, 3.8) is 0 Å². The molecule has 0 spiro atoms. The first-order valence-corrected chi connectivity index (χ1v) is 14.5. The Hall–Kier alpha value is -3.97. The van der Waals surface area contributed by atoms with Gasteiger partial charge in [0.15, 0.2) is 0 Å². The summed E-state index contributed by atoms with van der Waals surface area (Å²) in [5.74, 6) is -1.07. The molecule has 2 fully saturated rings. The molecule has 1 aromatic carbocycles. The van der Waals surface area contributed by atoms with E-state index >= 15 is 4.39 Å². The molecule has 44 heavy (non-hydrogen) atoms. The number of piperazine rings is 1. The molecule has 1 aromatic heterocycles. The SMILES string of the molecule is C=C1C=C(C(F)(F)F)C(C(=O)Nc2cc(-c3cnc(N4CCO[C@@H](C)C4)nc3)c(F)cc2N2C[C@@H](C)N(C)[C@@H](C)C2)=CN1C. The molecule has 0 radical (unpaired) electrons. The summed E-state index contributed by atoms with van der Waals surface area (Å²) in [5.41, 5.74) is -0.570.